The number of anilines is 1. The Hall–Kier alpha value is -1.65. The molecule has 0 aliphatic carbocycles. The molecule has 0 saturated carbocycles. The molecule has 1 amide bonds. The van der Waals surface area contributed by atoms with E-state index < -0.39 is 9.84 Å². The molecule has 7 nitrogen and oxygen atoms in total. The maximum atomic E-state index is 12.1. The van der Waals surface area contributed by atoms with Crippen molar-refractivity contribution in [3.63, 3.8) is 0 Å². The fraction of sp³-hybridized carbons (Fsp3) is 0.250. The van der Waals surface area contributed by atoms with Crippen molar-refractivity contribution >= 4 is 44.2 Å². The van der Waals surface area contributed by atoms with Gasteiger partial charge in [-0.15, -0.1) is 0 Å². The van der Waals surface area contributed by atoms with Crippen LogP contribution < -0.4 is 10.9 Å². The van der Waals surface area contributed by atoms with Crippen LogP contribution in [-0.4, -0.2) is 35.2 Å². The SMILES string of the molecule is CC(=O)NNc1nc(SCCS(=O)(=O)c2ccccc2)ns1. The highest BCUT2D eigenvalue weighted by molar-refractivity contribution is 8.00. The van der Waals surface area contributed by atoms with E-state index >= 15 is 0 Å². The normalized spacial score (nSPS) is 11.1. The minimum absolute atomic E-state index is 0.00927. The molecular weight excluding hydrogens is 344 g/mol. The fourth-order valence-corrected chi connectivity index (χ4v) is 4.62. The first-order valence-electron chi connectivity index (χ1n) is 6.24. The molecule has 0 fully saturated rings. The highest BCUT2D eigenvalue weighted by atomic mass is 32.2. The lowest BCUT2D eigenvalue weighted by atomic mass is 10.4. The highest BCUT2D eigenvalue weighted by Crippen LogP contribution is 2.21. The number of hydrogen-bond acceptors (Lipinski definition) is 8. The van der Waals surface area contributed by atoms with E-state index in [4.69, 9.17) is 0 Å². The zero-order chi connectivity index (χ0) is 16.0. The third-order valence-corrected chi connectivity index (χ3v) is 6.02. The predicted molar refractivity (Wildman–Crippen MR) is 86.6 cm³/mol. The van der Waals surface area contributed by atoms with Crippen molar-refractivity contribution in [2.75, 3.05) is 16.9 Å². The van der Waals surface area contributed by atoms with Crippen molar-refractivity contribution < 1.29 is 13.2 Å². The molecule has 0 spiro atoms. The van der Waals surface area contributed by atoms with Crippen molar-refractivity contribution in [1.29, 1.82) is 0 Å². The number of aromatic nitrogens is 2. The predicted octanol–water partition coefficient (Wildman–Crippen LogP) is 1.57. The van der Waals surface area contributed by atoms with Crippen LogP contribution >= 0.6 is 23.3 Å². The van der Waals surface area contributed by atoms with Crippen LogP contribution in [0.3, 0.4) is 0 Å². The lowest BCUT2D eigenvalue weighted by molar-refractivity contribution is -0.118. The molecule has 1 aromatic carbocycles. The van der Waals surface area contributed by atoms with Gasteiger partial charge in [-0.25, -0.2) is 8.42 Å². The van der Waals surface area contributed by atoms with E-state index in [0.29, 0.717) is 20.9 Å². The second kappa shape index (κ2) is 7.56. The summed E-state index contributed by atoms with van der Waals surface area (Å²) in [5, 5.41) is 0.921. The number of hydrazine groups is 1. The first-order chi connectivity index (χ1) is 10.5. The molecule has 2 rings (SSSR count). The Balaban J connectivity index is 1.85. The Bertz CT molecular complexity index is 731. The second-order valence-electron chi connectivity index (χ2n) is 4.17. The summed E-state index contributed by atoms with van der Waals surface area (Å²) in [6.07, 6.45) is 0. The maximum Gasteiger partial charge on any atom is 0.235 e. The molecule has 0 unspecified atom stereocenters. The Kier molecular flexibility index (Phi) is 5.75. The summed E-state index contributed by atoms with van der Waals surface area (Å²) in [7, 11) is -3.29. The molecular formula is C12H14N4O3S3. The first-order valence-corrected chi connectivity index (χ1v) is 9.65. The monoisotopic (exact) mass is 358 g/mol. The lowest BCUT2D eigenvalue weighted by Gasteiger charge is -2.02. The molecule has 1 heterocycles. The zero-order valence-electron chi connectivity index (χ0n) is 11.6. The first kappa shape index (κ1) is 16.7. The van der Waals surface area contributed by atoms with Gasteiger partial charge >= 0.3 is 0 Å². The van der Waals surface area contributed by atoms with Gasteiger partial charge in [0, 0.05) is 24.2 Å². The number of hydrogen-bond donors (Lipinski definition) is 2. The third kappa shape index (κ3) is 4.97. The van der Waals surface area contributed by atoms with Crippen molar-refractivity contribution in [3.05, 3.63) is 30.3 Å². The third-order valence-electron chi connectivity index (χ3n) is 2.44. The summed E-state index contributed by atoms with van der Waals surface area (Å²) >= 11 is 2.34. The van der Waals surface area contributed by atoms with Gasteiger partial charge in [-0.3, -0.25) is 15.6 Å². The van der Waals surface area contributed by atoms with E-state index in [1.165, 1.54) is 18.7 Å². The van der Waals surface area contributed by atoms with Gasteiger partial charge in [0.25, 0.3) is 0 Å². The summed E-state index contributed by atoms with van der Waals surface area (Å²) in [6.45, 7) is 1.37. The molecule has 0 aliphatic heterocycles. The minimum atomic E-state index is -3.29. The van der Waals surface area contributed by atoms with Crippen LogP contribution in [-0.2, 0) is 14.6 Å². The Morgan fingerprint density at radius 2 is 2.05 bits per heavy atom. The van der Waals surface area contributed by atoms with E-state index in [1.54, 1.807) is 30.3 Å². The zero-order valence-corrected chi connectivity index (χ0v) is 14.1. The molecule has 10 heteroatoms. The number of carbonyl (C=O) groups excluding carboxylic acids is 1. The van der Waals surface area contributed by atoms with Gasteiger partial charge in [0.2, 0.25) is 16.2 Å². The average molecular weight is 358 g/mol. The van der Waals surface area contributed by atoms with Crippen molar-refractivity contribution in [1.82, 2.24) is 14.8 Å². The summed E-state index contributed by atoms with van der Waals surface area (Å²) in [6, 6.07) is 8.33. The summed E-state index contributed by atoms with van der Waals surface area (Å²) in [4.78, 5) is 15.2. The van der Waals surface area contributed by atoms with Gasteiger partial charge in [0.1, 0.15) is 0 Å². The summed E-state index contributed by atoms with van der Waals surface area (Å²) < 4.78 is 28.3. The van der Waals surface area contributed by atoms with Gasteiger partial charge in [0.15, 0.2) is 9.84 Å². The van der Waals surface area contributed by atoms with E-state index in [1.807, 2.05) is 0 Å². The largest absolute Gasteiger partial charge is 0.274 e. The Morgan fingerprint density at radius 1 is 1.32 bits per heavy atom. The van der Waals surface area contributed by atoms with Crippen LogP contribution in [0.4, 0.5) is 5.13 Å². The highest BCUT2D eigenvalue weighted by Gasteiger charge is 2.14. The smallest absolute Gasteiger partial charge is 0.235 e. The van der Waals surface area contributed by atoms with Crippen LogP contribution in [0.15, 0.2) is 40.4 Å². The molecule has 0 aliphatic rings. The number of amides is 1. The molecule has 2 N–H and O–H groups in total. The van der Waals surface area contributed by atoms with Gasteiger partial charge in [0.05, 0.1) is 10.6 Å². The van der Waals surface area contributed by atoms with Crippen LogP contribution in [0, 0.1) is 0 Å². The quantitative estimate of drug-likeness (QED) is 0.572. The average Bonchev–Trinajstić information content (AvgIpc) is 2.94. The number of thioether (sulfide) groups is 1. The van der Waals surface area contributed by atoms with Crippen LogP contribution in [0.1, 0.15) is 6.92 Å². The standard InChI is InChI=1S/C12H14N4O3S3/c1-9(17)14-15-11-13-12(16-21-11)20-7-8-22(18,19)10-5-3-2-4-6-10/h2-6H,7-8H2,1H3,(H,14,17)(H,13,15,16). The van der Waals surface area contributed by atoms with Gasteiger partial charge in [-0.1, -0.05) is 30.0 Å². The molecule has 118 valence electrons. The van der Waals surface area contributed by atoms with E-state index in [2.05, 4.69) is 20.2 Å². The number of rotatable bonds is 7. The summed E-state index contributed by atoms with van der Waals surface area (Å²) in [5.41, 5.74) is 5.00. The Morgan fingerprint density at radius 3 is 2.73 bits per heavy atom. The maximum absolute atomic E-state index is 12.1. The molecule has 0 radical (unpaired) electrons. The number of sulfone groups is 1. The van der Waals surface area contributed by atoms with Crippen molar-refractivity contribution in [2.45, 2.75) is 17.0 Å². The fourth-order valence-electron chi connectivity index (χ4n) is 1.45. The van der Waals surface area contributed by atoms with Crippen molar-refractivity contribution in [2.24, 2.45) is 0 Å². The molecule has 1 aromatic heterocycles. The number of nitrogens with zero attached hydrogens (tertiary/aromatic N) is 2. The van der Waals surface area contributed by atoms with Crippen molar-refractivity contribution in [3.8, 4) is 0 Å². The molecule has 0 bridgehead atoms. The second-order valence-corrected chi connectivity index (χ2v) is 8.09. The Labute approximate surface area is 136 Å². The van der Waals surface area contributed by atoms with Crippen LogP contribution in [0.2, 0.25) is 0 Å². The molecule has 0 saturated heterocycles. The van der Waals surface area contributed by atoms with Gasteiger partial charge < -0.3 is 0 Å². The lowest BCUT2D eigenvalue weighted by Crippen LogP contribution is -2.26. The van der Waals surface area contributed by atoms with Crippen LogP contribution in [0.25, 0.3) is 0 Å². The van der Waals surface area contributed by atoms with Gasteiger partial charge in [-0.05, 0) is 12.1 Å². The molecule has 0 atom stereocenters. The number of benzene rings is 1. The molecule has 22 heavy (non-hydrogen) atoms. The summed E-state index contributed by atoms with van der Waals surface area (Å²) in [5.74, 6) is 0.126. The van der Waals surface area contributed by atoms with E-state index in [-0.39, 0.29) is 11.7 Å². The minimum Gasteiger partial charge on any atom is -0.274 e. The van der Waals surface area contributed by atoms with Gasteiger partial charge in [-0.2, -0.15) is 9.36 Å². The number of carbonyl (C=O) groups is 1. The van der Waals surface area contributed by atoms with Crippen LogP contribution in [0.5, 0.6) is 0 Å². The number of nitrogens with one attached hydrogen (secondary N) is 2. The topological polar surface area (TPSA) is 101 Å². The molecule has 2 aromatic rings. The van der Waals surface area contributed by atoms with E-state index in [9.17, 15) is 13.2 Å². The van der Waals surface area contributed by atoms with E-state index in [0.717, 1.165) is 11.5 Å².